The van der Waals surface area contributed by atoms with Crippen molar-refractivity contribution in [2.24, 2.45) is 0 Å². The molecule has 0 aromatic carbocycles. The summed E-state index contributed by atoms with van der Waals surface area (Å²) in [5.41, 5.74) is 1.31. The molecule has 1 rings (SSSR count). The molecule has 0 spiro atoms. The number of hydrogen-bond acceptors (Lipinski definition) is 2. The lowest BCUT2D eigenvalue weighted by atomic mass is 10.1. The van der Waals surface area contributed by atoms with Crippen molar-refractivity contribution in [3.8, 4) is 0 Å². The molecule has 2 nitrogen and oxygen atoms in total. The number of furan rings is 1. The molecule has 3 heteroatoms. The highest BCUT2D eigenvalue weighted by Gasteiger charge is 2.10. The Balaban J connectivity index is 2.49. The average Bonchev–Trinajstić information content (AvgIpc) is 2.29. The Morgan fingerprint density at radius 3 is 2.58 bits per heavy atom. The number of halogens is 1. The Bertz CT molecular complexity index is 249. The van der Waals surface area contributed by atoms with Gasteiger partial charge >= 0.3 is 0 Å². The highest BCUT2D eigenvalue weighted by Crippen LogP contribution is 2.17. The molecule has 0 atom stereocenters. The van der Waals surface area contributed by atoms with Gasteiger partial charge in [-0.15, -0.1) is 0 Å². The zero-order valence-electron chi connectivity index (χ0n) is 7.65. The smallest absolute Gasteiger partial charge is 0.173 e. The lowest BCUT2D eigenvalue weighted by Gasteiger charge is -2.19. The summed E-state index contributed by atoms with van der Waals surface area (Å²) in [6.07, 6.45) is 1.68. The standard InChI is InChI=1S/C9H14BrNO/c1-9(2,3)11-6-7-4-5-12-8(7)10/h4-5,11H,6H2,1-3H3. The fourth-order valence-electron chi connectivity index (χ4n) is 0.806. The minimum Gasteiger partial charge on any atom is -0.457 e. The maximum absolute atomic E-state index is 5.11. The molecule has 0 aliphatic rings. The van der Waals surface area contributed by atoms with Crippen LogP contribution in [0, 0.1) is 0 Å². The van der Waals surface area contributed by atoms with E-state index in [9.17, 15) is 0 Å². The van der Waals surface area contributed by atoms with Crippen LogP contribution in [0.25, 0.3) is 0 Å². The second kappa shape index (κ2) is 3.62. The highest BCUT2D eigenvalue weighted by molar-refractivity contribution is 9.10. The fraction of sp³-hybridized carbons (Fsp3) is 0.556. The molecule has 0 aliphatic carbocycles. The molecule has 1 heterocycles. The molecule has 0 radical (unpaired) electrons. The first-order valence-corrected chi connectivity index (χ1v) is 4.75. The van der Waals surface area contributed by atoms with Crippen molar-refractivity contribution in [2.45, 2.75) is 32.9 Å². The third kappa shape index (κ3) is 2.99. The summed E-state index contributed by atoms with van der Waals surface area (Å²) >= 11 is 3.33. The molecule has 0 unspecified atom stereocenters. The van der Waals surface area contributed by atoms with E-state index in [1.54, 1.807) is 6.26 Å². The monoisotopic (exact) mass is 231 g/mol. The summed E-state index contributed by atoms with van der Waals surface area (Å²) in [7, 11) is 0. The first-order valence-electron chi connectivity index (χ1n) is 3.96. The second-order valence-electron chi connectivity index (χ2n) is 3.82. The van der Waals surface area contributed by atoms with Crippen LogP contribution in [0.2, 0.25) is 0 Å². The average molecular weight is 232 g/mol. The van der Waals surface area contributed by atoms with Gasteiger partial charge in [-0.05, 0) is 42.8 Å². The van der Waals surface area contributed by atoms with Crippen molar-refractivity contribution >= 4 is 15.9 Å². The topological polar surface area (TPSA) is 25.2 Å². The van der Waals surface area contributed by atoms with Gasteiger partial charge < -0.3 is 9.73 Å². The molecule has 68 valence electrons. The minimum absolute atomic E-state index is 0.150. The van der Waals surface area contributed by atoms with E-state index >= 15 is 0 Å². The number of nitrogens with one attached hydrogen (secondary N) is 1. The van der Waals surface area contributed by atoms with Crippen molar-refractivity contribution in [2.75, 3.05) is 0 Å². The largest absolute Gasteiger partial charge is 0.457 e. The molecule has 0 aliphatic heterocycles. The van der Waals surface area contributed by atoms with Crippen LogP contribution in [0.15, 0.2) is 21.4 Å². The number of rotatable bonds is 2. The van der Waals surface area contributed by atoms with Gasteiger partial charge in [-0.2, -0.15) is 0 Å². The summed E-state index contributed by atoms with van der Waals surface area (Å²) in [5.74, 6) is 0. The third-order valence-electron chi connectivity index (χ3n) is 1.50. The van der Waals surface area contributed by atoms with Crippen molar-refractivity contribution in [1.29, 1.82) is 0 Å². The van der Waals surface area contributed by atoms with Crippen LogP contribution in [-0.2, 0) is 6.54 Å². The molecule has 1 N–H and O–H groups in total. The van der Waals surface area contributed by atoms with Crippen molar-refractivity contribution in [1.82, 2.24) is 5.32 Å². The first kappa shape index (κ1) is 9.81. The van der Waals surface area contributed by atoms with Gasteiger partial charge in [-0.1, -0.05) is 0 Å². The molecular formula is C9H14BrNO. The quantitative estimate of drug-likeness (QED) is 0.847. The van der Waals surface area contributed by atoms with E-state index in [1.165, 1.54) is 0 Å². The molecule has 0 bridgehead atoms. The van der Waals surface area contributed by atoms with E-state index in [2.05, 4.69) is 42.0 Å². The maximum Gasteiger partial charge on any atom is 0.173 e. The van der Waals surface area contributed by atoms with Gasteiger partial charge in [0.15, 0.2) is 4.67 Å². The zero-order valence-corrected chi connectivity index (χ0v) is 9.23. The highest BCUT2D eigenvalue weighted by atomic mass is 79.9. The van der Waals surface area contributed by atoms with Crippen molar-refractivity contribution in [3.05, 3.63) is 22.6 Å². The summed E-state index contributed by atoms with van der Waals surface area (Å²) < 4.78 is 5.93. The van der Waals surface area contributed by atoms with E-state index in [0.29, 0.717) is 0 Å². The third-order valence-corrected chi connectivity index (χ3v) is 2.20. The molecule has 0 saturated heterocycles. The van der Waals surface area contributed by atoms with Crippen LogP contribution in [-0.4, -0.2) is 5.54 Å². The van der Waals surface area contributed by atoms with Crippen LogP contribution >= 0.6 is 15.9 Å². The maximum atomic E-state index is 5.11. The SMILES string of the molecule is CC(C)(C)NCc1ccoc1Br. The van der Waals surface area contributed by atoms with Gasteiger partial charge in [0.05, 0.1) is 6.26 Å². The lowest BCUT2D eigenvalue weighted by Crippen LogP contribution is -2.34. The Kier molecular flexibility index (Phi) is 2.96. The predicted octanol–water partition coefficient (Wildman–Crippen LogP) is 2.93. The predicted molar refractivity (Wildman–Crippen MR) is 53.0 cm³/mol. The molecule has 1 aromatic rings. The minimum atomic E-state index is 0.150. The van der Waals surface area contributed by atoms with Crippen LogP contribution in [0.3, 0.4) is 0 Å². The summed E-state index contributed by atoms with van der Waals surface area (Å²) in [5, 5.41) is 3.38. The molecule has 12 heavy (non-hydrogen) atoms. The Morgan fingerprint density at radius 2 is 2.17 bits per heavy atom. The molecule has 0 amide bonds. The summed E-state index contributed by atoms with van der Waals surface area (Å²) in [4.78, 5) is 0. The fourth-order valence-corrected chi connectivity index (χ4v) is 1.19. The lowest BCUT2D eigenvalue weighted by molar-refractivity contribution is 0.421. The van der Waals surface area contributed by atoms with Crippen LogP contribution in [0.5, 0.6) is 0 Å². The molecule has 0 fully saturated rings. The Morgan fingerprint density at radius 1 is 1.50 bits per heavy atom. The second-order valence-corrected chi connectivity index (χ2v) is 4.54. The van der Waals surface area contributed by atoms with Gasteiger partial charge in [0.25, 0.3) is 0 Å². The van der Waals surface area contributed by atoms with Crippen LogP contribution in [0.1, 0.15) is 26.3 Å². The molecule has 1 aromatic heterocycles. The van der Waals surface area contributed by atoms with Crippen molar-refractivity contribution < 1.29 is 4.42 Å². The van der Waals surface area contributed by atoms with E-state index < -0.39 is 0 Å². The van der Waals surface area contributed by atoms with Crippen LogP contribution in [0.4, 0.5) is 0 Å². The van der Waals surface area contributed by atoms with E-state index in [4.69, 9.17) is 4.42 Å². The van der Waals surface area contributed by atoms with E-state index in [-0.39, 0.29) is 5.54 Å². The van der Waals surface area contributed by atoms with E-state index in [0.717, 1.165) is 16.8 Å². The van der Waals surface area contributed by atoms with Gasteiger partial charge in [0.1, 0.15) is 0 Å². The summed E-state index contributed by atoms with van der Waals surface area (Å²) in [6.45, 7) is 7.25. The van der Waals surface area contributed by atoms with E-state index in [1.807, 2.05) is 6.07 Å². The van der Waals surface area contributed by atoms with Gasteiger partial charge in [0.2, 0.25) is 0 Å². The Labute approximate surface area is 81.5 Å². The normalized spacial score (nSPS) is 12.0. The van der Waals surface area contributed by atoms with Gasteiger partial charge in [0, 0.05) is 17.6 Å². The summed E-state index contributed by atoms with van der Waals surface area (Å²) in [6, 6.07) is 1.96. The first-order chi connectivity index (χ1) is 5.49. The Hall–Kier alpha value is -0.280. The number of hydrogen-bond donors (Lipinski definition) is 1. The van der Waals surface area contributed by atoms with Crippen molar-refractivity contribution in [3.63, 3.8) is 0 Å². The van der Waals surface area contributed by atoms with Gasteiger partial charge in [-0.3, -0.25) is 0 Å². The molecular weight excluding hydrogens is 218 g/mol. The molecule has 0 saturated carbocycles. The van der Waals surface area contributed by atoms with Crippen LogP contribution < -0.4 is 5.32 Å². The van der Waals surface area contributed by atoms with Gasteiger partial charge in [-0.25, -0.2) is 0 Å². The zero-order chi connectivity index (χ0) is 9.19.